The molecule has 0 radical (unpaired) electrons. The molecular formula is C11H19N3OS2. The maximum Gasteiger partial charge on any atom is 0.339 e. The topological polar surface area (TPSA) is 26.8 Å². The summed E-state index contributed by atoms with van der Waals surface area (Å²) in [6.45, 7) is 2.73. The normalized spacial score (nSPS) is 22.6. The maximum atomic E-state index is 12.3. The van der Waals surface area contributed by atoms with Crippen LogP contribution in [0.1, 0.15) is 25.7 Å². The molecule has 6 heteroatoms. The summed E-state index contributed by atoms with van der Waals surface area (Å²) in [5.74, 6) is 1.04. The fourth-order valence-corrected chi connectivity index (χ4v) is 3.39. The lowest BCUT2D eigenvalue weighted by Crippen LogP contribution is -2.53. The van der Waals surface area contributed by atoms with Crippen LogP contribution in [0.4, 0.5) is 4.79 Å². The lowest BCUT2D eigenvalue weighted by molar-refractivity contribution is 0.0108. The molecule has 2 rings (SSSR count). The summed E-state index contributed by atoms with van der Waals surface area (Å²) < 4.78 is 0.727. The summed E-state index contributed by atoms with van der Waals surface area (Å²) in [4.78, 5) is 14.1. The van der Waals surface area contributed by atoms with Crippen molar-refractivity contribution in [1.82, 2.24) is 14.9 Å². The highest BCUT2D eigenvalue weighted by Crippen LogP contribution is 2.20. The monoisotopic (exact) mass is 273 g/mol. The standard InChI is InChI=1S/C11H19N3OS2/c1-12(13-6-3-2-4-7-13)10(15)14-8-5-9-17-11(14)16/h2-9H2,1H3. The Labute approximate surface area is 112 Å². The van der Waals surface area contributed by atoms with E-state index in [2.05, 4.69) is 5.01 Å². The van der Waals surface area contributed by atoms with Gasteiger partial charge < -0.3 is 0 Å². The number of carbonyl (C=O) groups is 1. The molecule has 2 aliphatic heterocycles. The molecule has 0 aromatic heterocycles. The van der Waals surface area contributed by atoms with E-state index in [-0.39, 0.29) is 6.03 Å². The molecular weight excluding hydrogens is 254 g/mol. The van der Waals surface area contributed by atoms with Crippen LogP contribution in [0.15, 0.2) is 0 Å². The number of hydrogen-bond donors (Lipinski definition) is 0. The molecule has 0 N–H and O–H groups in total. The van der Waals surface area contributed by atoms with Crippen LogP contribution in [0.5, 0.6) is 0 Å². The van der Waals surface area contributed by atoms with E-state index >= 15 is 0 Å². The number of thiocarbonyl (C=S) groups is 1. The predicted octanol–water partition coefficient (Wildman–Crippen LogP) is 2.16. The second kappa shape index (κ2) is 6.02. The van der Waals surface area contributed by atoms with Gasteiger partial charge in [-0.2, -0.15) is 0 Å². The van der Waals surface area contributed by atoms with Gasteiger partial charge in [0.1, 0.15) is 4.32 Å². The molecule has 0 saturated carbocycles. The second-order valence-corrected chi connectivity index (χ2v) is 6.17. The third kappa shape index (κ3) is 3.11. The largest absolute Gasteiger partial charge is 0.339 e. The Morgan fingerprint density at radius 1 is 1.24 bits per heavy atom. The van der Waals surface area contributed by atoms with Gasteiger partial charge in [-0.3, -0.25) is 9.91 Å². The van der Waals surface area contributed by atoms with Crippen molar-refractivity contribution in [1.29, 1.82) is 0 Å². The Bertz CT molecular complexity index is 305. The van der Waals surface area contributed by atoms with Crippen molar-refractivity contribution in [3.63, 3.8) is 0 Å². The smallest absolute Gasteiger partial charge is 0.278 e. The van der Waals surface area contributed by atoms with Crippen molar-refractivity contribution in [2.75, 3.05) is 32.4 Å². The van der Waals surface area contributed by atoms with E-state index in [0.29, 0.717) is 0 Å². The van der Waals surface area contributed by atoms with Crippen LogP contribution in [-0.4, -0.2) is 57.7 Å². The van der Waals surface area contributed by atoms with E-state index in [4.69, 9.17) is 12.2 Å². The molecule has 2 heterocycles. The SMILES string of the molecule is CN(C(=O)N1CCCSC1=S)N1CCCCC1. The summed E-state index contributed by atoms with van der Waals surface area (Å²) in [6, 6.07) is 0.0316. The van der Waals surface area contributed by atoms with E-state index in [9.17, 15) is 4.79 Å². The molecule has 2 amide bonds. The zero-order chi connectivity index (χ0) is 12.3. The van der Waals surface area contributed by atoms with Crippen LogP contribution < -0.4 is 0 Å². The Morgan fingerprint density at radius 2 is 1.94 bits per heavy atom. The average molecular weight is 273 g/mol. The Kier molecular flexibility index (Phi) is 4.64. The Balaban J connectivity index is 1.95. The van der Waals surface area contributed by atoms with E-state index in [1.165, 1.54) is 19.3 Å². The van der Waals surface area contributed by atoms with Crippen LogP contribution in [0, 0.1) is 0 Å². The van der Waals surface area contributed by atoms with Crippen LogP contribution in [0.25, 0.3) is 0 Å². The van der Waals surface area contributed by atoms with Gasteiger partial charge in [-0.15, -0.1) is 0 Å². The first-order valence-corrected chi connectivity index (χ1v) is 7.56. The first kappa shape index (κ1) is 13.1. The fraction of sp³-hybridized carbons (Fsp3) is 0.818. The van der Waals surface area contributed by atoms with Crippen molar-refractivity contribution in [3.05, 3.63) is 0 Å². The fourth-order valence-electron chi connectivity index (χ4n) is 2.20. The molecule has 0 aromatic carbocycles. The Hall–Kier alpha value is -0.330. The molecule has 0 unspecified atom stereocenters. The first-order chi connectivity index (χ1) is 8.20. The van der Waals surface area contributed by atoms with Gasteiger partial charge in [-0.05, 0) is 19.3 Å². The predicted molar refractivity (Wildman–Crippen MR) is 75.0 cm³/mol. The second-order valence-electron chi connectivity index (χ2n) is 4.44. The summed E-state index contributed by atoms with van der Waals surface area (Å²) >= 11 is 6.86. The molecule has 2 aliphatic rings. The number of nitrogens with zero attached hydrogens (tertiary/aromatic N) is 3. The lowest BCUT2D eigenvalue weighted by atomic mass is 10.2. The van der Waals surface area contributed by atoms with Gasteiger partial charge >= 0.3 is 6.03 Å². The number of piperidine rings is 1. The molecule has 0 bridgehead atoms. The zero-order valence-electron chi connectivity index (χ0n) is 10.2. The summed E-state index contributed by atoms with van der Waals surface area (Å²) in [5, 5.41) is 3.88. The molecule has 2 saturated heterocycles. The highest BCUT2D eigenvalue weighted by molar-refractivity contribution is 8.23. The van der Waals surface area contributed by atoms with E-state index in [1.807, 2.05) is 7.05 Å². The minimum Gasteiger partial charge on any atom is -0.278 e. The van der Waals surface area contributed by atoms with Gasteiger partial charge in [-0.1, -0.05) is 30.4 Å². The van der Waals surface area contributed by atoms with Gasteiger partial charge in [-0.25, -0.2) is 9.80 Å². The molecule has 96 valence electrons. The third-order valence-electron chi connectivity index (χ3n) is 3.24. The van der Waals surface area contributed by atoms with Crippen molar-refractivity contribution in [2.45, 2.75) is 25.7 Å². The van der Waals surface area contributed by atoms with Gasteiger partial charge in [0.15, 0.2) is 0 Å². The van der Waals surface area contributed by atoms with Crippen LogP contribution in [-0.2, 0) is 0 Å². The van der Waals surface area contributed by atoms with Gasteiger partial charge in [0.2, 0.25) is 0 Å². The quantitative estimate of drug-likeness (QED) is 0.684. The van der Waals surface area contributed by atoms with Crippen molar-refractivity contribution >= 4 is 34.3 Å². The van der Waals surface area contributed by atoms with Gasteiger partial charge in [0.05, 0.1) is 0 Å². The number of thioether (sulfide) groups is 1. The van der Waals surface area contributed by atoms with Crippen molar-refractivity contribution in [2.24, 2.45) is 0 Å². The number of hydrogen-bond acceptors (Lipinski definition) is 4. The Morgan fingerprint density at radius 3 is 2.59 bits per heavy atom. The molecule has 17 heavy (non-hydrogen) atoms. The summed E-state index contributed by atoms with van der Waals surface area (Å²) in [6.07, 6.45) is 4.66. The zero-order valence-corrected chi connectivity index (χ0v) is 11.9. The van der Waals surface area contributed by atoms with E-state index in [0.717, 1.165) is 36.1 Å². The molecule has 4 nitrogen and oxygen atoms in total. The van der Waals surface area contributed by atoms with E-state index < -0.39 is 0 Å². The molecule has 0 atom stereocenters. The van der Waals surface area contributed by atoms with E-state index in [1.54, 1.807) is 21.7 Å². The van der Waals surface area contributed by atoms with Crippen LogP contribution >= 0.6 is 24.0 Å². The minimum atomic E-state index is 0.0316. The maximum absolute atomic E-state index is 12.3. The van der Waals surface area contributed by atoms with Crippen molar-refractivity contribution < 1.29 is 4.79 Å². The number of rotatable bonds is 1. The van der Waals surface area contributed by atoms with Gasteiger partial charge in [0, 0.05) is 32.4 Å². The highest BCUT2D eigenvalue weighted by atomic mass is 32.2. The highest BCUT2D eigenvalue weighted by Gasteiger charge is 2.28. The first-order valence-electron chi connectivity index (χ1n) is 6.17. The number of hydrazine groups is 1. The summed E-state index contributed by atoms with van der Waals surface area (Å²) in [7, 11) is 1.86. The number of amides is 2. The molecule has 0 aliphatic carbocycles. The lowest BCUT2D eigenvalue weighted by Gasteiger charge is -2.38. The number of carbonyl (C=O) groups excluding carboxylic acids is 1. The van der Waals surface area contributed by atoms with Gasteiger partial charge in [0.25, 0.3) is 0 Å². The van der Waals surface area contributed by atoms with Crippen LogP contribution in [0.2, 0.25) is 0 Å². The van der Waals surface area contributed by atoms with Crippen molar-refractivity contribution in [3.8, 4) is 0 Å². The number of urea groups is 1. The minimum absolute atomic E-state index is 0.0316. The molecule has 2 fully saturated rings. The molecule has 0 aromatic rings. The average Bonchev–Trinajstić information content (AvgIpc) is 2.39. The summed E-state index contributed by atoms with van der Waals surface area (Å²) in [5.41, 5.74) is 0. The van der Waals surface area contributed by atoms with Crippen LogP contribution in [0.3, 0.4) is 0 Å². The third-order valence-corrected chi connectivity index (χ3v) is 4.77. The molecule has 0 spiro atoms.